The minimum atomic E-state index is -3.96. The number of likely N-dealkylation sites (tertiary alicyclic amines) is 1. The van der Waals surface area contributed by atoms with Gasteiger partial charge in [0.25, 0.3) is 5.91 Å². The van der Waals surface area contributed by atoms with Crippen molar-refractivity contribution in [3.05, 3.63) is 28.8 Å². The largest absolute Gasteiger partial charge is 0.342 e. The Morgan fingerprint density at radius 3 is 2.53 bits per heavy atom. The SMILES string of the molecule is C#CCn1c(=NC(=O)CS(=O)(=O)CC(=O)N2CCCCCC2)sc2cc(F)ccc21. The monoisotopic (exact) mass is 451 g/mol. The number of hydrogen-bond acceptors (Lipinski definition) is 5. The molecule has 0 N–H and O–H groups in total. The van der Waals surface area contributed by atoms with Gasteiger partial charge in [0.2, 0.25) is 5.91 Å². The number of aromatic nitrogens is 1. The van der Waals surface area contributed by atoms with Crippen molar-refractivity contribution in [3.8, 4) is 12.3 Å². The van der Waals surface area contributed by atoms with E-state index in [-0.39, 0.29) is 11.3 Å². The number of hydrogen-bond donors (Lipinski definition) is 0. The molecule has 160 valence electrons. The highest BCUT2D eigenvalue weighted by Crippen LogP contribution is 2.18. The van der Waals surface area contributed by atoms with Crippen molar-refractivity contribution in [3.63, 3.8) is 0 Å². The molecule has 30 heavy (non-hydrogen) atoms. The first kappa shape index (κ1) is 22.2. The Balaban J connectivity index is 1.78. The normalized spacial score (nSPS) is 15.7. The van der Waals surface area contributed by atoms with Gasteiger partial charge >= 0.3 is 0 Å². The molecule has 1 fully saturated rings. The zero-order valence-electron chi connectivity index (χ0n) is 16.3. The summed E-state index contributed by atoms with van der Waals surface area (Å²) in [5.74, 6) is -0.954. The minimum absolute atomic E-state index is 0.0952. The number of benzene rings is 1. The zero-order chi connectivity index (χ0) is 21.7. The number of amides is 2. The van der Waals surface area contributed by atoms with Gasteiger partial charge < -0.3 is 9.47 Å². The number of carbonyl (C=O) groups is 2. The molecule has 0 spiro atoms. The molecule has 10 heteroatoms. The minimum Gasteiger partial charge on any atom is -0.342 e. The van der Waals surface area contributed by atoms with Crippen LogP contribution in [0.3, 0.4) is 0 Å². The second-order valence-corrected chi connectivity index (χ2v) is 10.2. The number of carbonyl (C=O) groups excluding carboxylic acids is 2. The van der Waals surface area contributed by atoms with Crippen LogP contribution in [-0.2, 0) is 26.0 Å². The van der Waals surface area contributed by atoms with E-state index in [1.807, 2.05) is 0 Å². The maximum absolute atomic E-state index is 13.5. The number of sulfone groups is 1. The number of fused-ring (bicyclic) bond motifs is 1. The Morgan fingerprint density at radius 2 is 1.87 bits per heavy atom. The van der Waals surface area contributed by atoms with E-state index < -0.39 is 39.0 Å². The van der Waals surface area contributed by atoms with E-state index in [0.717, 1.165) is 37.0 Å². The highest BCUT2D eigenvalue weighted by molar-refractivity contribution is 7.92. The van der Waals surface area contributed by atoms with Crippen molar-refractivity contribution >= 4 is 43.2 Å². The number of rotatable bonds is 5. The van der Waals surface area contributed by atoms with E-state index in [4.69, 9.17) is 6.42 Å². The molecule has 0 saturated carbocycles. The van der Waals surface area contributed by atoms with Crippen molar-refractivity contribution in [2.75, 3.05) is 24.6 Å². The predicted octanol–water partition coefficient (Wildman–Crippen LogP) is 1.72. The van der Waals surface area contributed by atoms with Crippen LogP contribution in [0.4, 0.5) is 4.39 Å². The molecule has 2 aromatic rings. The lowest BCUT2D eigenvalue weighted by Crippen LogP contribution is -2.37. The van der Waals surface area contributed by atoms with Crippen molar-refractivity contribution in [1.29, 1.82) is 0 Å². The number of halogens is 1. The molecular weight excluding hydrogens is 429 g/mol. The summed E-state index contributed by atoms with van der Waals surface area (Å²) >= 11 is 1.04. The quantitative estimate of drug-likeness (QED) is 0.648. The molecule has 1 aliphatic heterocycles. The summed E-state index contributed by atoms with van der Waals surface area (Å²) in [5.41, 5.74) is 0.602. The molecule has 0 radical (unpaired) electrons. The number of terminal acetylenes is 1. The van der Waals surface area contributed by atoms with Crippen LogP contribution in [0.5, 0.6) is 0 Å². The molecule has 0 unspecified atom stereocenters. The summed E-state index contributed by atoms with van der Waals surface area (Å²) < 4.78 is 40.3. The van der Waals surface area contributed by atoms with Gasteiger partial charge in [0.05, 0.1) is 16.8 Å². The Labute approximate surface area is 178 Å². The molecule has 1 aliphatic rings. The molecule has 1 aromatic carbocycles. The lowest BCUT2D eigenvalue weighted by atomic mass is 10.2. The van der Waals surface area contributed by atoms with Crippen LogP contribution in [0.15, 0.2) is 23.2 Å². The standard InChI is InChI=1S/C20H22FN3O4S2/c1-2-9-24-16-8-7-15(21)12-17(16)29-20(24)22-18(25)13-30(27,28)14-19(26)23-10-5-3-4-6-11-23/h1,7-8,12H,3-6,9-11,13-14H2. The molecule has 7 nitrogen and oxygen atoms in total. The first-order chi connectivity index (χ1) is 14.3. The van der Waals surface area contributed by atoms with Crippen LogP contribution in [0.1, 0.15) is 25.7 Å². The van der Waals surface area contributed by atoms with Gasteiger partial charge in [-0.2, -0.15) is 4.99 Å². The summed E-state index contributed by atoms with van der Waals surface area (Å²) in [4.78, 5) is 30.3. The summed E-state index contributed by atoms with van der Waals surface area (Å²) in [6, 6.07) is 4.10. The summed E-state index contributed by atoms with van der Waals surface area (Å²) in [7, 11) is -3.96. The maximum atomic E-state index is 13.5. The van der Waals surface area contributed by atoms with Gasteiger partial charge in [-0.05, 0) is 31.0 Å². The predicted molar refractivity (Wildman–Crippen MR) is 113 cm³/mol. The van der Waals surface area contributed by atoms with E-state index in [9.17, 15) is 22.4 Å². The summed E-state index contributed by atoms with van der Waals surface area (Å²) in [5, 5.41) is 0. The topological polar surface area (TPSA) is 88.8 Å². The Hall–Kier alpha value is -2.51. The third-order valence-corrected chi connectivity index (χ3v) is 7.17. The first-order valence-corrected chi connectivity index (χ1v) is 12.2. The Kier molecular flexibility index (Phi) is 7.05. The Morgan fingerprint density at radius 1 is 1.17 bits per heavy atom. The van der Waals surface area contributed by atoms with Crippen LogP contribution in [0, 0.1) is 18.2 Å². The van der Waals surface area contributed by atoms with E-state index in [0.29, 0.717) is 23.3 Å². The third-order valence-electron chi connectivity index (χ3n) is 4.76. The zero-order valence-corrected chi connectivity index (χ0v) is 18.0. The van der Waals surface area contributed by atoms with E-state index in [2.05, 4.69) is 10.9 Å². The van der Waals surface area contributed by atoms with E-state index in [1.165, 1.54) is 18.2 Å². The fourth-order valence-corrected chi connectivity index (χ4v) is 5.53. The second-order valence-electron chi connectivity index (χ2n) is 7.12. The van der Waals surface area contributed by atoms with Gasteiger partial charge in [-0.1, -0.05) is 30.1 Å². The molecule has 0 atom stereocenters. The van der Waals surface area contributed by atoms with Gasteiger partial charge in [0, 0.05) is 13.1 Å². The van der Waals surface area contributed by atoms with Gasteiger partial charge in [-0.15, -0.1) is 6.42 Å². The van der Waals surface area contributed by atoms with Crippen LogP contribution in [-0.4, -0.2) is 54.3 Å². The van der Waals surface area contributed by atoms with E-state index >= 15 is 0 Å². The Bertz CT molecular complexity index is 1170. The van der Waals surface area contributed by atoms with Gasteiger partial charge in [0.1, 0.15) is 17.3 Å². The van der Waals surface area contributed by atoms with Crippen molar-refractivity contribution in [2.45, 2.75) is 32.2 Å². The van der Waals surface area contributed by atoms with Crippen molar-refractivity contribution < 1.29 is 22.4 Å². The van der Waals surface area contributed by atoms with Crippen LogP contribution < -0.4 is 4.80 Å². The van der Waals surface area contributed by atoms with Crippen LogP contribution in [0.2, 0.25) is 0 Å². The van der Waals surface area contributed by atoms with Crippen LogP contribution >= 0.6 is 11.3 Å². The highest BCUT2D eigenvalue weighted by atomic mass is 32.2. The fourth-order valence-electron chi connectivity index (χ4n) is 3.35. The molecular formula is C20H22FN3O4S2. The number of nitrogens with zero attached hydrogens (tertiary/aromatic N) is 3. The van der Waals surface area contributed by atoms with Crippen LogP contribution in [0.25, 0.3) is 10.2 Å². The molecule has 3 rings (SSSR count). The summed E-state index contributed by atoms with van der Waals surface area (Å²) in [6.07, 6.45) is 9.11. The molecule has 0 aliphatic carbocycles. The third kappa shape index (κ3) is 5.55. The first-order valence-electron chi connectivity index (χ1n) is 9.57. The second kappa shape index (κ2) is 9.53. The van der Waals surface area contributed by atoms with Crippen molar-refractivity contribution in [1.82, 2.24) is 9.47 Å². The lowest BCUT2D eigenvalue weighted by Gasteiger charge is -2.19. The average molecular weight is 452 g/mol. The highest BCUT2D eigenvalue weighted by Gasteiger charge is 2.25. The summed E-state index contributed by atoms with van der Waals surface area (Å²) in [6.45, 7) is 1.17. The smallest absolute Gasteiger partial charge is 0.263 e. The molecule has 1 aromatic heterocycles. The molecule has 0 bridgehead atoms. The van der Waals surface area contributed by atoms with Gasteiger partial charge in [-0.25, -0.2) is 12.8 Å². The molecule has 2 heterocycles. The molecule has 1 saturated heterocycles. The van der Waals surface area contributed by atoms with Gasteiger partial charge in [-0.3, -0.25) is 9.59 Å². The van der Waals surface area contributed by atoms with Gasteiger partial charge in [0.15, 0.2) is 14.6 Å². The maximum Gasteiger partial charge on any atom is 0.263 e. The lowest BCUT2D eigenvalue weighted by molar-refractivity contribution is -0.128. The fraction of sp³-hybridized carbons (Fsp3) is 0.450. The number of thiazole rings is 1. The van der Waals surface area contributed by atoms with Crippen molar-refractivity contribution in [2.24, 2.45) is 4.99 Å². The molecule has 2 amide bonds. The van der Waals surface area contributed by atoms with E-state index in [1.54, 1.807) is 9.47 Å². The average Bonchev–Trinajstić information content (AvgIpc) is 2.84.